The topological polar surface area (TPSA) is 67.2 Å². The van der Waals surface area contributed by atoms with Crippen LogP contribution in [-0.4, -0.2) is 33.4 Å². The number of hydrogen-bond donors (Lipinski definition) is 2. The maximum atomic E-state index is 11.7. The molecule has 0 aliphatic heterocycles. The van der Waals surface area contributed by atoms with Crippen molar-refractivity contribution in [3.63, 3.8) is 0 Å². The molecule has 1 rings (SSSR count). The number of carbonyl (C=O) groups is 1. The van der Waals surface area contributed by atoms with Crippen LogP contribution in [0.1, 0.15) is 31.7 Å². The van der Waals surface area contributed by atoms with E-state index in [-0.39, 0.29) is 19.0 Å². The Labute approximate surface area is 118 Å². The van der Waals surface area contributed by atoms with Crippen molar-refractivity contribution in [2.24, 2.45) is 5.92 Å². The van der Waals surface area contributed by atoms with Gasteiger partial charge in [0.15, 0.2) is 0 Å². The average molecular weight is 288 g/mol. The third-order valence-corrected chi connectivity index (χ3v) is 3.41. The number of aryl methyl sites for hydroxylation is 1. The molecule has 0 spiro atoms. The molecule has 0 bridgehead atoms. The minimum atomic E-state index is -0.506. The van der Waals surface area contributed by atoms with Crippen molar-refractivity contribution in [3.05, 3.63) is 16.4 Å². The summed E-state index contributed by atoms with van der Waals surface area (Å²) in [6.07, 6.45) is 0.166. The van der Waals surface area contributed by atoms with Crippen LogP contribution in [0.3, 0.4) is 0 Å². The van der Waals surface area contributed by atoms with Crippen LogP contribution >= 0.6 is 11.6 Å². The first-order valence-electron chi connectivity index (χ1n) is 6.45. The number of halogens is 1. The second-order valence-corrected chi connectivity index (χ2v) is 5.61. The van der Waals surface area contributed by atoms with E-state index in [1.54, 1.807) is 11.6 Å². The molecule has 0 aliphatic carbocycles. The van der Waals surface area contributed by atoms with Crippen LogP contribution in [0.2, 0.25) is 5.02 Å². The van der Waals surface area contributed by atoms with Crippen molar-refractivity contribution in [1.29, 1.82) is 0 Å². The number of nitrogens with zero attached hydrogens (tertiary/aromatic N) is 2. The van der Waals surface area contributed by atoms with E-state index >= 15 is 0 Å². The lowest BCUT2D eigenvalue weighted by Crippen LogP contribution is -2.35. The predicted molar refractivity (Wildman–Crippen MR) is 75.2 cm³/mol. The SMILES string of the molecule is Cc1nn(CC(=O)NCC(O)CC(C)C)c(C)c1Cl. The van der Waals surface area contributed by atoms with Crippen LogP contribution in [0.15, 0.2) is 0 Å². The molecule has 108 valence electrons. The maximum absolute atomic E-state index is 11.7. The summed E-state index contributed by atoms with van der Waals surface area (Å²) in [5.41, 5.74) is 1.49. The molecule has 1 amide bonds. The van der Waals surface area contributed by atoms with E-state index in [4.69, 9.17) is 11.6 Å². The van der Waals surface area contributed by atoms with Crippen LogP contribution in [0.5, 0.6) is 0 Å². The Bertz CT molecular complexity index is 443. The van der Waals surface area contributed by atoms with E-state index in [1.165, 1.54) is 0 Å². The van der Waals surface area contributed by atoms with Crippen LogP contribution in [0.25, 0.3) is 0 Å². The standard InChI is InChI=1S/C13H22ClN3O2/c1-8(2)5-11(18)6-15-12(19)7-17-10(4)13(14)9(3)16-17/h8,11,18H,5-7H2,1-4H3,(H,15,19). The van der Waals surface area contributed by atoms with Gasteiger partial charge in [-0.15, -0.1) is 0 Å². The number of aliphatic hydroxyl groups is 1. The summed E-state index contributed by atoms with van der Waals surface area (Å²) in [7, 11) is 0. The highest BCUT2D eigenvalue weighted by atomic mass is 35.5. The first-order valence-corrected chi connectivity index (χ1v) is 6.83. The second kappa shape index (κ2) is 6.91. The largest absolute Gasteiger partial charge is 0.391 e. The summed E-state index contributed by atoms with van der Waals surface area (Å²) in [6.45, 7) is 8.07. The van der Waals surface area contributed by atoms with Gasteiger partial charge >= 0.3 is 0 Å². The van der Waals surface area contributed by atoms with Crippen LogP contribution in [0.4, 0.5) is 0 Å². The summed E-state index contributed by atoms with van der Waals surface area (Å²) in [6, 6.07) is 0. The molecule has 0 saturated carbocycles. The first kappa shape index (κ1) is 16.0. The minimum Gasteiger partial charge on any atom is -0.391 e. The summed E-state index contributed by atoms with van der Waals surface area (Å²) >= 11 is 6.01. The van der Waals surface area contributed by atoms with Gasteiger partial charge in [0.2, 0.25) is 5.91 Å². The van der Waals surface area contributed by atoms with E-state index in [0.717, 1.165) is 5.69 Å². The minimum absolute atomic E-state index is 0.119. The zero-order valence-corrected chi connectivity index (χ0v) is 12.7. The number of nitrogens with one attached hydrogen (secondary N) is 1. The predicted octanol–water partition coefficient (Wildman–Crippen LogP) is 1.68. The van der Waals surface area contributed by atoms with Gasteiger partial charge in [-0.2, -0.15) is 5.10 Å². The summed E-state index contributed by atoms with van der Waals surface area (Å²) in [5, 5.41) is 17.2. The van der Waals surface area contributed by atoms with Gasteiger partial charge in [0.05, 0.1) is 22.5 Å². The molecule has 19 heavy (non-hydrogen) atoms. The van der Waals surface area contributed by atoms with Crippen LogP contribution in [0, 0.1) is 19.8 Å². The monoisotopic (exact) mass is 287 g/mol. The fourth-order valence-electron chi connectivity index (χ4n) is 1.88. The molecule has 0 saturated heterocycles. The molecule has 0 aromatic carbocycles. The van der Waals surface area contributed by atoms with Gasteiger partial charge in [-0.3, -0.25) is 9.48 Å². The third kappa shape index (κ3) is 4.84. The Kier molecular flexibility index (Phi) is 5.82. The normalized spacial score (nSPS) is 12.8. The highest BCUT2D eigenvalue weighted by Gasteiger charge is 2.13. The Morgan fingerprint density at radius 2 is 2.11 bits per heavy atom. The molecule has 1 aromatic heterocycles. The number of rotatable bonds is 6. The molecule has 1 aromatic rings. The number of aliphatic hydroxyl groups excluding tert-OH is 1. The highest BCUT2D eigenvalue weighted by molar-refractivity contribution is 6.31. The van der Waals surface area contributed by atoms with Gasteiger partial charge in [0.1, 0.15) is 6.54 Å². The Balaban J connectivity index is 2.45. The molecule has 1 atom stereocenters. The molecule has 2 N–H and O–H groups in total. The van der Waals surface area contributed by atoms with Crippen molar-refractivity contribution < 1.29 is 9.90 Å². The smallest absolute Gasteiger partial charge is 0.241 e. The van der Waals surface area contributed by atoms with Gasteiger partial charge in [-0.05, 0) is 26.2 Å². The fraction of sp³-hybridized carbons (Fsp3) is 0.692. The Morgan fingerprint density at radius 1 is 1.47 bits per heavy atom. The average Bonchev–Trinajstić information content (AvgIpc) is 2.54. The van der Waals surface area contributed by atoms with E-state index in [1.807, 2.05) is 20.8 Å². The molecule has 0 fully saturated rings. The number of hydrogen-bond acceptors (Lipinski definition) is 3. The van der Waals surface area contributed by atoms with E-state index in [0.29, 0.717) is 23.1 Å². The molecule has 1 unspecified atom stereocenters. The molecule has 5 nitrogen and oxygen atoms in total. The number of amides is 1. The quantitative estimate of drug-likeness (QED) is 0.836. The fourth-order valence-corrected chi connectivity index (χ4v) is 2.02. The van der Waals surface area contributed by atoms with Gasteiger partial charge in [0.25, 0.3) is 0 Å². The third-order valence-electron chi connectivity index (χ3n) is 2.86. The van der Waals surface area contributed by atoms with Crippen molar-refractivity contribution >= 4 is 17.5 Å². The van der Waals surface area contributed by atoms with Crippen molar-refractivity contribution in [3.8, 4) is 0 Å². The van der Waals surface area contributed by atoms with Crippen molar-refractivity contribution in [1.82, 2.24) is 15.1 Å². The van der Waals surface area contributed by atoms with Crippen molar-refractivity contribution in [2.45, 2.75) is 46.8 Å². The highest BCUT2D eigenvalue weighted by Crippen LogP contribution is 2.18. The zero-order chi connectivity index (χ0) is 14.6. The number of carbonyl (C=O) groups excluding carboxylic acids is 1. The van der Waals surface area contributed by atoms with Gasteiger partial charge in [-0.1, -0.05) is 25.4 Å². The summed E-state index contributed by atoms with van der Waals surface area (Å²) in [4.78, 5) is 11.7. The van der Waals surface area contributed by atoms with E-state index in [9.17, 15) is 9.90 Å². The van der Waals surface area contributed by atoms with Gasteiger partial charge < -0.3 is 10.4 Å². The van der Waals surface area contributed by atoms with E-state index < -0.39 is 6.10 Å². The lowest BCUT2D eigenvalue weighted by Gasteiger charge is -2.14. The van der Waals surface area contributed by atoms with Gasteiger partial charge in [0, 0.05) is 6.54 Å². The second-order valence-electron chi connectivity index (χ2n) is 5.23. The molecule has 0 aliphatic rings. The Hall–Kier alpha value is -1.07. The summed E-state index contributed by atoms with van der Waals surface area (Å²) in [5.74, 6) is 0.229. The lowest BCUT2D eigenvalue weighted by molar-refractivity contribution is -0.122. The molecule has 1 heterocycles. The summed E-state index contributed by atoms with van der Waals surface area (Å²) < 4.78 is 1.57. The molecule has 6 heteroatoms. The zero-order valence-electron chi connectivity index (χ0n) is 11.9. The van der Waals surface area contributed by atoms with Gasteiger partial charge in [-0.25, -0.2) is 0 Å². The lowest BCUT2D eigenvalue weighted by atomic mass is 10.1. The first-order chi connectivity index (χ1) is 8.81. The van der Waals surface area contributed by atoms with Crippen LogP contribution in [-0.2, 0) is 11.3 Å². The Morgan fingerprint density at radius 3 is 2.58 bits per heavy atom. The number of aromatic nitrogens is 2. The maximum Gasteiger partial charge on any atom is 0.241 e. The van der Waals surface area contributed by atoms with Crippen LogP contribution < -0.4 is 5.32 Å². The van der Waals surface area contributed by atoms with E-state index in [2.05, 4.69) is 10.4 Å². The van der Waals surface area contributed by atoms with Crippen molar-refractivity contribution in [2.75, 3.05) is 6.54 Å². The molecular weight excluding hydrogens is 266 g/mol. The molecule has 0 radical (unpaired) electrons. The molecular formula is C13H22ClN3O2.